The Bertz CT molecular complexity index is 596. The minimum absolute atomic E-state index is 0.0682. The zero-order valence-electron chi connectivity index (χ0n) is 11.0. The molecule has 0 heterocycles. The molecule has 0 saturated heterocycles. The minimum atomic E-state index is -1.37. The van der Waals surface area contributed by atoms with Crippen LogP contribution in [0.5, 0.6) is 5.75 Å². The quantitative estimate of drug-likeness (QED) is 0.920. The molecule has 20 heavy (non-hydrogen) atoms. The van der Waals surface area contributed by atoms with Gasteiger partial charge in [-0.1, -0.05) is 18.2 Å². The van der Waals surface area contributed by atoms with E-state index in [1.54, 1.807) is 43.5 Å². The second-order valence-electron chi connectivity index (χ2n) is 4.08. The lowest BCUT2D eigenvalue weighted by Gasteiger charge is -2.06. The largest absolute Gasteiger partial charge is 0.497 e. The number of benzene rings is 2. The van der Waals surface area contributed by atoms with Gasteiger partial charge in [-0.3, -0.25) is 9.00 Å². The molecule has 1 atom stereocenters. The molecule has 4 nitrogen and oxygen atoms in total. The van der Waals surface area contributed by atoms with Crippen LogP contribution in [-0.2, 0) is 15.6 Å². The normalized spacial score (nSPS) is 11.7. The molecule has 104 valence electrons. The highest BCUT2D eigenvalue weighted by atomic mass is 32.2. The van der Waals surface area contributed by atoms with E-state index in [0.717, 1.165) is 0 Å². The van der Waals surface area contributed by atoms with Gasteiger partial charge in [0.05, 0.1) is 17.9 Å². The average molecular weight is 289 g/mol. The third kappa shape index (κ3) is 3.93. The summed E-state index contributed by atoms with van der Waals surface area (Å²) in [4.78, 5) is 12.4. The van der Waals surface area contributed by atoms with Gasteiger partial charge in [0.1, 0.15) is 11.5 Å². The molecule has 5 heteroatoms. The van der Waals surface area contributed by atoms with Crippen LogP contribution in [-0.4, -0.2) is 23.0 Å². The fourth-order valence-corrected chi connectivity index (χ4v) is 2.57. The van der Waals surface area contributed by atoms with E-state index in [1.807, 2.05) is 18.2 Å². The molecular formula is C15H15NO3S. The summed E-state index contributed by atoms with van der Waals surface area (Å²) in [5.74, 6) is 0.353. The third-order valence-electron chi connectivity index (χ3n) is 2.64. The Morgan fingerprint density at radius 1 is 1.10 bits per heavy atom. The smallest absolute Gasteiger partial charge is 0.237 e. The van der Waals surface area contributed by atoms with Crippen molar-refractivity contribution < 1.29 is 13.7 Å². The van der Waals surface area contributed by atoms with Gasteiger partial charge >= 0.3 is 0 Å². The summed E-state index contributed by atoms with van der Waals surface area (Å²) in [6.07, 6.45) is 0. The lowest BCUT2D eigenvalue weighted by molar-refractivity contribution is -0.113. The van der Waals surface area contributed by atoms with Gasteiger partial charge in [0.2, 0.25) is 5.91 Å². The molecule has 0 fully saturated rings. The lowest BCUT2D eigenvalue weighted by Crippen LogP contribution is -2.19. The summed E-state index contributed by atoms with van der Waals surface area (Å²) in [5.41, 5.74) is 0.698. The number of carbonyl (C=O) groups excluding carboxylic acids is 1. The maximum Gasteiger partial charge on any atom is 0.237 e. The minimum Gasteiger partial charge on any atom is -0.497 e. The van der Waals surface area contributed by atoms with Gasteiger partial charge in [0.15, 0.2) is 0 Å². The number of hydrogen-bond acceptors (Lipinski definition) is 3. The van der Waals surface area contributed by atoms with Crippen LogP contribution in [0.1, 0.15) is 0 Å². The predicted molar refractivity (Wildman–Crippen MR) is 79.3 cm³/mol. The molecule has 2 aromatic carbocycles. The number of ether oxygens (including phenoxy) is 1. The predicted octanol–water partition coefficient (Wildman–Crippen LogP) is 2.44. The maximum atomic E-state index is 12.1. The highest BCUT2D eigenvalue weighted by molar-refractivity contribution is 7.85. The van der Waals surface area contributed by atoms with Gasteiger partial charge in [-0.05, 0) is 36.4 Å². The van der Waals surface area contributed by atoms with Crippen LogP contribution in [0.25, 0.3) is 0 Å². The number of rotatable bonds is 5. The zero-order chi connectivity index (χ0) is 14.4. The Hall–Kier alpha value is -2.14. The van der Waals surface area contributed by atoms with Crippen molar-refractivity contribution in [1.29, 1.82) is 0 Å². The average Bonchev–Trinajstić information content (AvgIpc) is 2.48. The van der Waals surface area contributed by atoms with Crippen LogP contribution in [0.3, 0.4) is 0 Å². The van der Waals surface area contributed by atoms with Gasteiger partial charge < -0.3 is 10.1 Å². The van der Waals surface area contributed by atoms with E-state index in [4.69, 9.17) is 4.74 Å². The Balaban J connectivity index is 1.95. The summed E-state index contributed by atoms with van der Waals surface area (Å²) in [6, 6.07) is 15.9. The van der Waals surface area contributed by atoms with Crippen molar-refractivity contribution in [3.63, 3.8) is 0 Å². The fraction of sp³-hybridized carbons (Fsp3) is 0.133. The number of nitrogens with one attached hydrogen (secondary N) is 1. The topological polar surface area (TPSA) is 55.4 Å². The van der Waals surface area contributed by atoms with Crippen LogP contribution in [0.2, 0.25) is 0 Å². The number of carbonyl (C=O) groups is 1. The summed E-state index contributed by atoms with van der Waals surface area (Å²) in [7, 11) is 0.204. The first-order chi connectivity index (χ1) is 9.69. The molecule has 0 aliphatic carbocycles. The molecule has 2 aromatic rings. The molecule has 0 bridgehead atoms. The fourth-order valence-electron chi connectivity index (χ4n) is 1.65. The highest BCUT2D eigenvalue weighted by Crippen LogP contribution is 2.14. The second-order valence-corrected chi connectivity index (χ2v) is 5.53. The first-order valence-electron chi connectivity index (χ1n) is 6.06. The highest BCUT2D eigenvalue weighted by Gasteiger charge is 2.10. The van der Waals surface area contributed by atoms with Crippen molar-refractivity contribution in [2.75, 3.05) is 18.2 Å². The maximum absolute atomic E-state index is 12.1. The second kappa shape index (κ2) is 6.86. The monoisotopic (exact) mass is 289 g/mol. The molecule has 0 aliphatic rings. The summed E-state index contributed by atoms with van der Waals surface area (Å²) in [6.45, 7) is 0. The first-order valence-corrected chi connectivity index (χ1v) is 7.38. The summed E-state index contributed by atoms with van der Waals surface area (Å²) < 4.78 is 17.1. The number of para-hydroxylation sites is 1. The number of methoxy groups -OCH3 is 1. The Labute approximate surface area is 120 Å². The van der Waals surface area contributed by atoms with Gasteiger partial charge in [0, 0.05) is 10.6 Å². The summed E-state index contributed by atoms with van der Waals surface area (Å²) >= 11 is 0. The molecule has 1 N–H and O–H groups in total. The molecule has 0 radical (unpaired) electrons. The van der Waals surface area contributed by atoms with Crippen molar-refractivity contribution >= 4 is 22.4 Å². The standard InChI is InChI=1S/C15H15NO3S/c1-19-13-7-9-14(10-8-13)20(18)11-15(17)16-12-5-3-2-4-6-12/h2-10H,11H2,1H3,(H,16,17). The van der Waals surface area contributed by atoms with Gasteiger partial charge in [0.25, 0.3) is 0 Å². The molecule has 0 aromatic heterocycles. The van der Waals surface area contributed by atoms with E-state index < -0.39 is 10.8 Å². The molecule has 1 unspecified atom stereocenters. The SMILES string of the molecule is COc1ccc(S(=O)CC(=O)Nc2ccccc2)cc1. The van der Waals surface area contributed by atoms with Crippen molar-refractivity contribution in [2.24, 2.45) is 0 Å². The number of hydrogen-bond donors (Lipinski definition) is 1. The van der Waals surface area contributed by atoms with E-state index in [2.05, 4.69) is 5.32 Å². The van der Waals surface area contributed by atoms with Crippen molar-refractivity contribution in [1.82, 2.24) is 0 Å². The Morgan fingerprint density at radius 2 is 1.75 bits per heavy atom. The van der Waals surface area contributed by atoms with E-state index in [0.29, 0.717) is 16.3 Å². The summed E-state index contributed by atoms with van der Waals surface area (Å²) in [5, 5.41) is 2.71. The van der Waals surface area contributed by atoms with Gasteiger partial charge in [-0.15, -0.1) is 0 Å². The van der Waals surface area contributed by atoms with E-state index in [1.165, 1.54) is 0 Å². The van der Waals surface area contributed by atoms with E-state index in [9.17, 15) is 9.00 Å². The first kappa shape index (κ1) is 14.3. The third-order valence-corrected chi connectivity index (χ3v) is 3.96. The van der Waals surface area contributed by atoms with Crippen molar-refractivity contribution in [3.05, 3.63) is 54.6 Å². The van der Waals surface area contributed by atoms with Crippen molar-refractivity contribution in [3.8, 4) is 5.75 Å². The molecule has 0 spiro atoms. The van der Waals surface area contributed by atoms with E-state index >= 15 is 0 Å². The zero-order valence-corrected chi connectivity index (χ0v) is 11.9. The Morgan fingerprint density at radius 3 is 2.35 bits per heavy atom. The molecular weight excluding hydrogens is 274 g/mol. The molecule has 1 amide bonds. The van der Waals surface area contributed by atoms with Gasteiger partial charge in [-0.2, -0.15) is 0 Å². The van der Waals surface area contributed by atoms with Crippen LogP contribution < -0.4 is 10.1 Å². The van der Waals surface area contributed by atoms with Crippen LogP contribution in [0.15, 0.2) is 59.5 Å². The lowest BCUT2D eigenvalue weighted by atomic mass is 10.3. The van der Waals surface area contributed by atoms with Gasteiger partial charge in [-0.25, -0.2) is 0 Å². The molecule has 2 rings (SSSR count). The van der Waals surface area contributed by atoms with E-state index in [-0.39, 0.29) is 11.7 Å². The molecule has 0 aliphatic heterocycles. The number of anilines is 1. The number of amides is 1. The van der Waals surface area contributed by atoms with Crippen LogP contribution >= 0.6 is 0 Å². The molecule has 0 saturated carbocycles. The van der Waals surface area contributed by atoms with Crippen LogP contribution in [0.4, 0.5) is 5.69 Å². The Kier molecular flexibility index (Phi) is 4.90. The van der Waals surface area contributed by atoms with Crippen molar-refractivity contribution in [2.45, 2.75) is 4.90 Å². The van der Waals surface area contributed by atoms with Crippen LogP contribution in [0, 0.1) is 0 Å².